The molecule has 0 bridgehead atoms. The van der Waals surface area contributed by atoms with E-state index in [4.69, 9.17) is 10.5 Å². The monoisotopic (exact) mass is 222 g/mol. The van der Waals surface area contributed by atoms with E-state index in [0.717, 1.165) is 12.0 Å². The van der Waals surface area contributed by atoms with Crippen LogP contribution in [0.15, 0.2) is 18.2 Å². The maximum atomic E-state index is 10.7. The van der Waals surface area contributed by atoms with Gasteiger partial charge in [0.25, 0.3) is 0 Å². The first-order chi connectivity index (χ1) is 7.67. The van der Waals surface area contributed by atoms with Crippen molar-refractivity contribution in [1.82, 2.24) is 0 Å². The standard InChI is InChI=1S/C11H14N2O3/c1-16-11-5-7(9-4-8(9)6-12)2-3-10(11)13(14)15/h2-3,5,8-9H,4,6,12H2,1H3. The Labute approximate surface area is 93.4 Å². The second-order valence-electron chi connectivity index (χ2n) is 4.03. The van der Waals surface area contributed by atoms with Gasteiger partial charge in [-0.3, -0.25) is 10.1 Å². The van der Waals surface area contributed by atoms with Gasteiger partial charge in [0.15, 0.2) is 5.75 Å². The summed E-state index contributed by atoms with van der Waals surface area (Å²) in [7, 11) is 1.44. The summed E-state index contributed by atoms with van der Waals surface area (Å²) >= 11 is 0. The molecule has 1 saturated carbocycles. The molecule has 16 heavy (non-hydrogen) atoms. The van der Waals surface area contributed by atoms with E-state index in [1.54, 1.807) is 12.1 Å². The summed E-state index contributed by atoms with van der Waals surface area (Å²) < 4.78 is 5.02. The van der Waals surface area contributed by atoms with Crippen molar-refractivity contribution >= 4 is 5.69 Å². The normalized spacial score (nSPS) is 22.9. The van der Waals surface area contributed by atoms with Crippen LogP contribution in [0, 0.1) is 16.0 Å². The minimum atomic E-state index is -0.435. The minimum absolute atomic E-state index is 0.0104. The second kappa shape index (κ2) is 4.09. The summed E-state index contributed by atoms with van der Waals surface area (Å²) in [6.45, 7) is 0.671. The predicted molar refractivity (Wildman–Crippen MR) is 59.6 cm³/mol. The van der Waals surface area contributed by atoms with Crippen LogP contribution in [0.2, 0.25) is 0 Å². The van der Waals surface area contributed by atoms with E-state index in [1.165, 1.54) is 13.2 Å². The van der Waals surface area contributed by atoms with Crippen molar-refractivity contribution in [2.45, 2.75) is 12.3 Å². The van der Waals surface area contributed by atoms with Gasteiger partial charge in [-0.2, -0.15) is 0 Å². The van der Waals surface area contributed by atoms with Gasteiger partial charge >= 0.3 is 5.69 Å². The largest absolute Gasteiger partial charge is 0.490 e. The number of benzene rings is 1. The number of hydrogen-bond donors (Lipinski definition) is 1. The molecule has 1 aliphatic rings. The first-order valence-corrected chi connectivity index (χ1v) is 5.19. The van der Waals surface area contributed by atoms with E-state index in [0.29, 0.717) is 24.1 Å². The smallest absolute Gasteiger partial charge is 0.310 e. The van der Waals surface area contributed by atoms with Crippen molar-refractivity contribution < 1.29 is 9.66 Å². The third-order valence-electron chi connectivity index (χ3n) is 3.05. The quantitative estimate of drug-likeness (QED) is 0.620. The Kier molecular flexibility index (Phi) is 2.78. The third-order valence-corrected chi connectivity index (χ3v) is 3.05. The van der Waals surface area contributed by atoms with E-state index >= 15 is 0 Å². The van der Waals surface area contributed by atoms with Gasteiger partial charge in [-0.25, -0.2) is 0 Å². The summed E-state index contributed by atoms with van der Waals surface area (Å²) in [5, 5.41) is 10.7. The first-order valence-electron chi connectivity index (χ1n) is 5.19. The summed E-state index contributed by atoms with van der Waals surface area (Å²) in [6, 6.07) is 5.04. The fourth-order valence-corrected chi connectivity index (χ4v) is 1.99. The highest BCUT2D eigenvalue weighted by molar-refractivity contribution is 5.50. The van der Waals surface area contributed by atoms with Gasteiger partial charge in [0.2, 0.25) is 0 Å². The predicted octanol–water partition coefficient (Wildman–Crippen LogP) is 1.67. The Morgan fingerprint density at radius 2 is 2.38 bits per heavy atom. The molecule has 2 atom stereocenters. The van der Waals surface area contributed by atoms with Crippen LogP contribution in [0.3, 0.4) is 0 Å². The van der Waals surface area contributed by atoms with Crippen molar-refractivity contribution in [1.29, 1.82) is 0 Å². The second-order valence-corrected chi connectivity index (χ2v) is 4.03. The molecule has 0 heterocycles. The molecular formula is C11H14N2O3. The molecule has 0 amide bonds. The molecule has 0 spiro atoms. The summed E-state index contributed by atoms with van der Waals surface area (Å²) in [4.78, 5) is 10.3. The molecule has 5 nitrogen and oxygen atoms in total. The van der Waals surface area contributed by atoms with Crippen LogP contribution in [0.1, 0.15) is 17.9 Å². The van der Waals surface area contributed by atoms with Crippen molar-refractivity contribution in [2.75, 3.05) is 13.7 Å². The first kappa shape index (κ1) is 10.9. The average molecular weight is 222 g/mol. The van der Waals surface area contributed by atoms with Crippen LogP contribution < -0.4 is 10.5 Å². The summed E-state index contributed by atoms with van der Waals surface area (Å²) in [6.07, 6.45) is 1.07. The molecule has 0 aliphatic heterocycles. The molecule has 86 valence electrons. The van der Waals surface area contributed by atoms with Crippen LogP contribution in [-0.2, 0) is 0 Å². The maximum Gasteiger partial charge on any atom is 0.310 e. The van der Waals surface area contributed by atoms with Gasteiger partial charge in [-0.1, -0.05) is 6.07 Å². The van der Waals surface area contributed by atoms with E-state index in [9.17, 15) is 10.1 Å². The number of rotatable bonds is 4. The Balaban J connectivity index is 2.27. The Bertz CT molecular complexity index is 420. The number of nitro groups is 1. The van der Waals surface area contributed by atoms with Gasteiger partial charge in [0, 0.05) is 6.07 Å². The van der Waals surface area contributed by atoms with Crippen molar-refractivity contribution in [3.63, 3.8) is 0 Å². The number of methoxy groups -OCH3 is 1. The zero-order valence-electron chi connectivity index (χ0n) is 9.05. The summed E-state index contributed by atoms with van der Waals surface area (Å²) in [5.41, 5.74) is 6.66. The van der Waals surface area contributed by atoms with Crippen molar-refractivity contribution in [3.05, 3.63) is 33.9 Å². The van der Waals surface area contributed by atoms with Crippen LogP contribution in [0.25, 0.3) is 0 Å². The molecule has 2 rings (SSSR count). The van der Waals surface area contributed by atoms with Crippen LogP contribution in [-0.4, -0.2) is 18.6 Å². The molecule has 1 aromatic carbocycles. The van der Waals surface area contributed by atoms with Gasteiger partial charge in [-0.15, -0.1) is 0 Å². The molecule has 0 aromatic heterocycles. The van der Waals surface area contributed by atoms with E-state index < -0.39 is 4.92 Å². The molecule has 5 heteroatoms. The van der Waals surface area contributed by atoms with E-state index in [1.807, 2.05) is 0 Å². The Morgan fingerprint density at radius 1 is 1.62 bits per heavy atom. The summed E-state index contributed by atoms with van der Waals surface area (Å²) in [5.74, 6) is 1.29. The minimum Gasteiger partial charge on any atom is -0.490 e. The van der Waals surface area contributed by atoms with Gasteiger partial charge in [0.1, 0.15) is 0 Å². The lowest BCUT2D eigenvalue weighted by Crippen LogP contribution is -2.02. The molecule has 0 saturated heterocycles. The number of nitrogens with zero attached hydrogens (tertiary/aromatic N) is 1. The fraction of sp³-hybridized carbons (Fsp3) is 0.455. The molecule has 1 fully saturated rings. The van der Waals surface area contributed by atoms with Crippen LogP contribution >= 0.6 is 0 Å². The number of nitro benzene ring substituents is 1. The lowest BCUT2D eigenvalue weighted by atomic mass is 10.1. The molecule has 1 aromatic rings. The number of ether oxygens (including phenoxy) is 1. The zero-order valence-corrected chi connectivity index (χ0v) is 9.05. The van der Waals surface area contributed by atoms with Gasteiger partial charge in [-0.05, 0) is 36.4 Å². The van der Waals surface area contributed by atoms with Gasteiger partial charge < -0.3 is 10.5 Å². The number of nitrogens with two attached hydrogens (primary N) is 1. The highest BCUT2D eigenvalue weighted by Crippen LogP contribution is 2.48. The Morgan fingerprint density at radius 3 is 2.88 bits per heavy atom. The van der Waals surface area contributed by atoms with Crippen LogP contribution in [0.4, 0.5) is 5.69 Å². The molecule has 2 unspecified atom stereocenters. The van der Waals surface area contributed by atoms with E-state index in [2.05, 4.69) is 0 Å². The molecule has 0 radical (unpaired) electrons. The zero-order chi connectivity index (χ0) is 11.7. The highest BCUT2D eigenvalue weighted by atomic mass is 16.6. The highest BCUT2D eigenvalue weighted by Gasteiger charge is 2.37. The fourth-order valence-electron chi connectivity index (χ4n) is 1.99. The van der Waals surface area contributed by atoms with Gasteiger partial charge in [0.05, 0.1) is 12.0 Å². The number of hydrogen-bond acceptors (Lipinski definition) is 4. The van der Waals surface area contributed by atoms with Crippen molar-refractivity contribution in [2.24, 2.45) is 11.7 Å². The lowest BCUT2D eigenvalue weighted by Gasteiger charge is -2.04. The van der Waals surface area contributed by atoms with Crippen LogP contribution in [0.5, 0.6) is 5.75 Å². The van der Waals surface area contributed by atoms with Crippen molar-refractivity contribution in [3.8, 4) is 5.75 Å². The van der Waals surface area contributed by atoms with E-state index in [-0.39, 0.29) is 5.69 Å². The molecule has 1 aliphatic carbocycles. The average Bonchev–Trinajstić information content (AvgIpc) is 3.07. The Hall–Kier alpha value is -1.62. The maximum absolute atomic E-state index is 10.7. The molecule has 2 N–H and O–H groups in total. The lowest BCUT2D eigenvalue weighted by molar-refractivity contribution is -0.385. The third kappa shape index (κ3) is 1.86. The SMILES string of the molecule is COc1cc(C2CC2CN)ccc1[N+](=O)[O-]. The molecular weight excluding hydrogens is 208 g/mol. The topological polar surface area (TPSA) is 78.4 Å².